The molecule has 0 aliphatic carbocycles. The Bertz CT molecular complexity index is 688. The summed E-state index contributed by atoms with van der Waals surface area (Å²) in [4.78, 5) is 13.1. The number of ether oxygens (including phenoxy) is 2. The zero-order valence-electron chi connectivity index (χ0n) is 23.2. The molecule has 2 N–H and O–H groups in total. The smallest absolute Gasteiger partial charge is 0.217 e. The molecule has 3 rings (SSSR count). The van der Waals surface area contributed by atoms with Gasteiger partial charge in [0.1, 0.15) is 13.2 Å². The lowest BCUT2D eigenvalue weighted by Crippen LogP contribution is -2.20. The summed E-state index contributed by atoms with van der Waals surface area (Å²) >= 11 is 0. The highest BCUT2D eigenvalue weighted by molar-refractivity contribution is 5.73. The first-order valence-corrected chi connectivity index (χ1v) is 15.1. The van der Waals surface area contributed by atoms with Crippen LogP contribution >= 0.6 is 0 Å². The minimum absolute atomic E-state index is 0.155. The number of unbranched alkanes of at least 4 members (excludes halogenated alkanes) is 12. The van der Waals surface area contributed by atoms with Crippen molar-refractivity contribution < 1.29 is 14.3 Å². The van der Waals surface area contributed by atoms with Gasteiger partial charge in [-0.15, -0.1) is 0 Å². The van der Waals surface area contributed by atoms with E-state index in [0.29, 0.717) is 19.6 Å². The van der Waals surface area contributed by atoms with Gasteiger partial charge in [0.05, 0.1) is 0 Å². The number of hydrogen-bond acceptors (Lipinski definition) is 4. The summed E-state index contributed by atoms with van der Waals surface area (Å²) < 4.78 is 11.1. The molecule has 0 bridgehead atoms. The van der Waals surface area contributed by atoms with E-state index >= 15 is 0 Å². The summed E-state index contributed by atoms with van der Waals surface area (Å²) in [6.07, 6.45) is 23.1. The van der Waals surface area contributed by atoms with Crippen LogP contribution in [0.5, 0.6) is 11.5 Å². The summed E-state index contributed by atoms with van der Waals surface area (Å²) in [5, 5.41) is 0. The summed E-state index contributed by atoms with van der Waals surface area (Å²) in [7, 11) is 0. The largest absolute Gasteiger partial charge is 0.486 e. The molecule has 0 aromatic heterocycles. The fourth-order valence-electron chi connectivity index (χ4n) is 5.07. The molecule has 1 amide bonds. The Morgan fingerprint density at radius 1 is 0.778 bits per heavy atom. The molecule has 0 atom stereocenters. The Kier molecular flexibility index (Phi) is 17.2. The van der Waals surface area contributed by atoms with Gasteiger partial charge in [-0.1, -0.05) is 90.0 Å². The van der Waals surface area contributed by atoms with E-state index in [0.717, 1.165) is 24.3 Å². The highest BCUT2D eigenvalue weighted by Crippen LogP contribution is 2.31. The van der Waals surface area contributed by atoms with Gasteiger partial charge in [-0.2, -0.15) is 0 Å². The van der Waals surface area contributed by atoms with Gasteiger partial charge in [0.15, 0.2) is 11.5 Å². The molecule has 5 heteroatoms. The predicted octanol–water partition coefficient (Wildman–Crippen LogP) is 7.44. The average molecular weight is 503 g/mol. The van der Waals surface area contributed by atoms with E-state index in [1.165, 1.54) is 122 Å². The number of fused-ring (bicyclic) bond motifs is 1. The lowest BCUT2D eigenvalue weighted by molar-refractivity contribution is -0.118. The fraction of sp³-hybridized carbons (Fsp3) is 0.774. The van der Waals surface area contributed by atoms with Crippen LogP contribution in [0.4, 0.5) is 0 Å². The van der Waals surface area contributed by atoms with Gasteiger partial charge in [-0.25, -0.2) is 0 Å². The predicted molar refractivity (Wildman–Crippen MR) is 151 cm³/mol. The molecular weight excluding hydrogens is 448 g/mol. The molecule has 0 spiro atoms. The van der Waals surface area contributed by atoms with Crippen molar-refractivity contribution in [3.05, 3.63) is 23.8 Å². The molecule has 2 heterocycles. The van der Waals surface area contributed by atoms with Crippen molar-refractivity contribution in [3.8, 4) is 11.5 Å². The highest BCUT2D eigenvalue weighted by atomic mass is 16.6. The Morgan fingerprint density at radius 3 is 1.92 bits per heavy atom. The zero-order valence-corrected chi connectivity index (χ0v) is 23.2. The lowest BCUT2D eigenvalue weighted by Gasteiger charge is -2.19. The number of nitrogens with zero attached hydrogens (tertiary/aromatic N) is 1. The Balaban J connectivity index is 0.000000254. The molecule has 2 aliphatic heterocycles. The standard InChI is InChI=1S/C16H33NO.C15H21NO2/c1-2-3-4-5-6-7-8-9-10-11-12-13-14-15-16(17)18;1-2-8-16(7-1)9-3-4-13-5-6-14-15(12-13)18-11-10-17-14/h2-15H2,1H3,(H2,17,18);5-6,12H,1-4,7-11H2. The number of rotatable bonds is 18. The number of carbonyl (C=O) groups excluding carboxylic acids is 1. The Labute approximate surface area is 221 Å². The summed E-state index contributed by atoms with van der Waals surface area (Å²) in [6.45, 7) is 7.42. The van der Waals surface area contributed by atoms with Crippen molar-refractivity contribution in [2.45, 2.75) is 122 Å². The van der Waals surface area contributed by atoms with E-state index in [2.05, 4.69) is 24.0 Å². The average Bonchev–Trinajstić information content (AvgIpc) is 3.41. The fourth-order valence-corrected chi connectivity index (χ4v) is 5.07. The molecule has 1 saturated heterocycles. The van der Waals surface area contributed by atoms with Gasteiger partial charge >= 0.3 is 0 Å². The second kappa shape index (κ2) is 20.3. The Morgan fingerprint density at radius 2 is 1.33 bits per heavy atom. The molecule has 0 saturated carbocycles. The first-order valence-electron chi connectivity index (χ1n) is 15.1. The summed E-state index contributed by atoms with van der Waals surface area (Å²) in [6, 6.07) is 6.34. The minimum atomic E-state index is -0.155. The minimum Gasteiger partial charge on any atom is -0.486 e. The van der Waals surface area contributed by atoms with Gasteiger partial charge < -0.3 is 20.1 Å². The zero-order chi connectivity index (χ0) is 25.7. The van der Waals surface area contributed by atoms with Crippen LogP contribution in [-0.4, -0.2) is 43.7 Å². The Hall–Kier alpha value is -1.75. The van der Waals surface area contributed by atoms with Crippen molar-refractivity contribution in [2.24, 2.45) is 5.73 Å². The van der Waals surface area contributed by atoms with Crippen LogP contribution in [0.15, 0.2) is 18.2 Å². The second-order valence-corrected chi connectivity index (χ2v) is 10.6. The number of amides is 1. The van der Waals surface area contributed by atoms with Crippen molar-refractivity contribution in [1.29, 1.82) is 0 Å². The third-order valence-corrected chi connectivity index (χ3v) is 7.27. The molecule has 1 aromatic carbocycles. The van der Waals surface area contributed by atoms with Crippen molar-refractivity contribution in [1.82, 2.24) is 4.90 Å². The molecule has 1 fully saturated rings. The van der Waals surface area contributed by atoms with Gasteiger partial charge in [0.2, 0.25) is 5.91 Å². The van der Waals surface area contributed by atoms with Crippen molar-refractivity contribution in [3.63, 3.8) is 0 Å². The molecule has 1 aromatic rings. The van der Waals surface area contributed by atoms with Crippen molar-refractivity contribution >= 4 is 5.91 Å². The number of primary amides is 1. The van der Waals surface area contributed by atoms with Crippen LogP contribution in [0.1, 0.15) is 122 Å². The second-order valence-electron chi connectivity index (χ2n) is 10.6. The van der Waals surface area contributed by atoms with E-state index in [1.54, 1.807) is 0 Å². The van der Waals surface area contributed by atoms with Gasteiger partial charge in [0, 0.05) is 6.42 Å². The molecule has 36 heavy (non-hydrogen) atoms. The SMILES string of the molecule is CCCCCCCCCCCCCCCC(N)=O.c1cc2c(cc1CCCN1CCCC1)OCCO2. The molecular formula is C31H54N2O3. The van der Waals surface area contributed by atoms with Crippen LogP contribution in [0.25, 0.3) is 0 Å². The number of nitrogens with two attached hydrogens (primary N) is 1. The third kappa shape index (κ3) is 14.7. The third-order valence-electron chi connectivity index (χ3n) is 7.27. The van der Waals surface area contributed by atoms with Crippen LogP contribution in [-0.2, 0) is 11.2 Å². The summed E-state index contributed by atoms with van der Waals surface area (Å²) in [5.41, 5.74) is 6.45. The van der Waals surface area contributed by atoms with Gasteiger partial charge in [0.25, 0.3) is 0 Å². The molecule has 0 radical (unpaired) electrons. The topological polar surface area (TPSA) is 64.8 Å². The van der Waals surface area contributed by atoms with Crippen molar-refractivity contribution in [2.75, 3.05) is 32.8 Å². The maximum Gasteiger partial charge on any atom is 0.217 e. The van der Waals surface area contributed by atoms with E-state index < -0.39 is 0 Å². The van der Waals surface area contributed by atoms with Crippen LogP contribution in [0.3, 0.4) is 0 Å². The number of benzene rings is 1. The lowest BCUT2D eigenvalue weighted by atomic mass is 10.0. The normalized spacial score (nSPS) is 14.9. The van der Waals surface area contributed by atoms with E-state index in [1.807, 2.05) is 6.07 Å². The summed E-state index contributed by atoms with van der Waals surface area (Å²) in [5.74, 6) is 1.66. The molecule has 5 nitrogen and oxygen atoms in total. The van der Waals surface area contributed by atoms with Gasteiger partial charge in [-0.3, -0.25) is 4.79 Å². The maximum atomic E-state index is 10.5. The number of carbonyl (C=O) groups is 1. The quantitative estimate of drug-likeness (QED) is 0.212. The van der Waals surface area contributed by atoms with E-state index in [9.17, 15) is 4.79 Å². The molecule has 206 valence electrons. The monoisotopic (exact) mass is 502 g/mol. The maximum absolute atomic E-state index is 10.5. The van der Waals surface area contributed by atoms with Crippen LogP contribution in [0.2, 0.25) is 0 Å². The number of likely N-dealkylation sites (tertiary alicyclic amines) is 1. The van der Waals surface area contributed by atoms with E-state index in [-0.39, 0.29) is 5.91 Å². The molecule has 0 unspecified atom stereocenters. The highest BCUT2D eigenvalue weighted by Gasteiger charge is 2.13. The van der Waals surface area contributed by atoms with Crippen LogP contribution in [0, 0.1) is 0 Å². The first kappa shape index (κ1) is 30.5. The number of hydrogen-bond donors (Lipinski definition) is 1. The first-order chi connectivity index (χ1) is 17.7. The van der Waals surface area contributed by atoms with E-state index in [4.69, 9.17) is 15.2 Å². The van der Waals surface area contributed by atoms with Crippen LogP contribution < -0.4 is 15.2 Å². The van der Waals surface area contributed by atoms with Gasteiger partial charge in [-0.05, 0) is 69.4 Å². The number of aryl methyl sites for hydroxylation is 1. The molecule has 2 aliphatic rings.